The number of hydrogen-bond donors (Lipinski definition) is 0. The maximum Gasteiger partial charge on any atom is 0.104 e. The van der Waals surface area contributed by atoms with Crippen molar-refractivity contribution in [2.45, 2.75) is 38.5 Å². The van der Waals surface area contributed by atoms with E-state index < -0.39 is 0 Å². The van der Waals surface area contributed by atoms with Crippen molar-refractivity contribution >= 4 is 0 Å². The highest BCUT2D eigenvalue weighted by Gasteiger charge is 2.43. The van der Waals surface area contributed by atoms with E-state index in [0.29, 0.717) is 12.0 Å². The van der Waals surface area contributed by atoms with E-state index in [-0.39, 0.29) is 5.60 Å². The summed E-state index contributed by atoms with van der Waals surface area (Å²) >= 11 is 0. The van der Waals surface area contributed by atoms with Crippen LogP contribution in [0.5, 0.6) is 0 Å². The Labute approximate surface area is 139 Å². The van der Waals surface area contributed by atoms with Gasteiger partial charge in [0, 0.05) is 37.8 Å². The topological polar surface area (TPSA) is 38.1 Å². The van der Waals surface area contributed by atoms with E-state index in [4.69, 9.17) is 13.9 Å². The molecular formula is C18H30N2O3. The van der Waals surface area contributed by atoms with Crippen LogP contribution in [0.25, 0.3) is 0 Å². The van der Waals surface area contributed by atoms with Gasteiger partial charge in [0.2, 0.25) is 0 Å². The Hall–Kier alpha value is -0.880. The van der Waals surface area contributed by atoms with Crippen LogP contribution in [0.1, 0.15) is 25.8 Å². The average Bonchev–Trinajstić information content (AvgIpc) is 3.09. The van der Waals surface area contributed by atoms with Crippen LogP contribution in [-0.2, 0) is 16.0 Å². The lowest BCUT2D eigenvalue weighted by Gasteiger charge is -2.31. The van der Waals surface area contributed by atoms with E-state index in [1.165, 1.54) is 5.56 Å². The maximum absolute atomic E-state index is 6.29. The van der Waals surface area contributed by atoms with Gasteiger partial charge in [0.1, 0.15) is 5.60 Å². The zero-order valence-corrected chi connectivity index (χ0v) is 14.7. The Balaban J connectivity index is 1.59. The summed E-state index contributed by atoms with van der Waals surface area (Å²) in [7, 11) is 2.20. The molecule has 2 aliphatic rings. The molecule has 0 radical (unpaired) electrons. The largest absolute Gasteiger partial charge is 0.472 e. The van der Waals surface area contributed by atoms with Crippen molar-refractivity contribution < 1.29 is 13.9 Å². The molecule has 3 heterocycles. The fourth-order valence-electron chi connectivity index (χ4n) is 3.64. The van der Waals surface area contributed by atoms with Crippen molar-refractivity contribution in [3.63, 3.8) is 0 Å². The van der Waals surface area contributed by atoms with Crippen LogP contribution >= 0.6 is 0 Å². The highest BCUT2D eigenvalue weighted by molar-refractivity contribution is 5.06. The van der Waals surface area contributed by atoms with Crippen molar-refractivity contribution in [3.8, 4) is 0 Å². The van der Waals surface area contributed by atoms with Gasteiger partial charge >= 0.3 is 0 Å². The van der Waals surface area contributed by atoms with Crippen molar-refractivity contribution in [1.82, 2.24) is 9.80 Å². The molecule has 5 heteroatoms. The van der Waals surface area contributed by atoms with Crippen LogP contribution < -0.4 is 0 Å². The summed E-state index contributed by atoms with van der Waals surface area (Å²) in [6.07, 6.45) is 4.66. The normalized spacial score (nSPS) is 29.7. The summed E-state index contributed by atoms with van der Waals surface area (Å²) in [5, 5.41) is 0. The third-order valence-electron chi connectivity index (χ3n) is 5.13. The van der Waals surface area contributed by atoms with Gasteiger partial charge in [-0.25, -0.2) is 0 Å². The molecule has 0 aliphatic carbocycles. The molecule has 0 aromatic carbocycles. The average molecular weight is 322 g/mol. The summed E-state index contributed by atoms with van der Waals surface area (Å²) in [5.74, 6) is 0.597. The zero-order valence-electron chi connectivity index (χ0n) is 14.7. The number of rotatable bonds is 5. The Morgan fingerprint density at radius 1 is 1.43 bits per heavy atom. The van der Waals surface area contributed by atoms with E-state index in [0.717, 1.165) is 52.4 Å². The van der Waals surface area contributed by atoms with Crippen LogP contribution in [0.3, 0.4) is 0 Å². The molecule has 0 amide bonds. The van der Waals surface area contributed by atoms with Gasteiger partial charge in [-0.3, -0.25) is 4.90 Å². The number of hydrogen-bond acceptors (Lipinski definition) is 5. The second kappa shape index (κ2) is 7.34. The molecule has 3 rings (SSSR count). The summed E-state index contributed by atoms with van der Waals surface area (Å²) in [6.45, 7) is 10.7. The first kappa shape index (κ1) is 17.0. The SMILES string of the molecule is CC(C)N(C)C[C@H]1CO[C@@]2(COCCN(Cc3ccoc3)C2)C1. The molecule has 0 unspecified atom stereocenters. The van der Waals surface area contributed by atoms with Gasteiger partial charge in [0.15, 0.2) is 0 Å². The van der Waals surface area contributed by atoms with Crippen LogP contribution in [0.4, 0.5) is 0 Å². The first-order valence-corrected chi connectivity index (χ1v) is 8.72. The summed E-state index contributed by atoms with van der Waals surface area (Å²) in [5.41, 5.74) is 1.08. The highest BCUT2D eigenvalue weighted by atomic mass is 16.5. The van der Waals surface area contributed by atoms with Crippen molar-refractivity contribution in [3.05, 3.63) is 24.2 Å². The minimum absolute atomic E-state index is 0.136. The quantitative estimate of drug-likeness (QED) is 0.831. The van der Waals surface area contributed by atoms with Crippen molar-refractivity contribution in [2.75, 3.05) is 46.5 Å². The Kier molecular flexibility index (Phi) is 5.42. The molecule has 2 aliphatic heterocycles. The number of furan rings is 1. The van der Waals surface area contributed by atoms with Gasteiger partial charge in [0.25, 0.3) is 0 Å². The fraction of sp³-hybridized carbons (Fsp3) is 0.778. The molecule has 0 saturated carbocycles. The number of nitrogens with zero attached hydrogens (tertiary/aromatic N) is 2. The lowest BCUT2D eigenvalue weighted by molar-refractivity contribution is -0.0563. The molecule has 2 fully saturated rings. The minimum atomic E-state index is -0.136. The third-order valence-corrected chi connectivity index (χ3v) is 5.13. The summed E-state index contributed by atoms with van der Waals surface area (Å²) in [4.78, 5) is 4.85. The second-order valence-electron chi connectivity index (χ2n) is 7.49. The van der Waals surface area contributed by atoms with Gasteiger partial charge < -0.3 is 18.8 Å². The fourth-order valence-corrected chi connectivity index (χ4v) is 3.64. The summed E-state index contributed by atoms with van der Waals surface area (Å²) in [6, 6.07) is 2.61. The molecule has 1 aromatic heterocycles. The molecular weight excluding hydrogens is 292 g/mol. The molecule has 23 heavy (non-hydrogen) atoms. The minimum Gasteiger partial charge on any atom is -0.472 e. The van der Waals surface area contributed by atoms with E-state index in [1.807, 2.05) is 12.3 Å². The van der Waals surface area contributed by atoms with E-state index in [9.17, 15) is 0 Å². The van der Waals surface area contributed by atoms with Gasteiger partial charge in [-0.15, -0.1) is 0 Å². The van der Waals surface area contributed by atoms with E-state index >= 15 is 0 Å². The molecule has 0 bridgehead atoms. The Bertz CT molecular complexity index is 477. The van der Waals surface area contributed by atoms with Crippen molar-refractivity contribution in [2.24, 2.45) is 5.92 Å². The van der Waals surface area contributed by atoms with Crippen LogP contribution in [0.2, 0.25) is 0 Å². The lowest BCUT2D eigenvalue weighted by Crippen LogP contribution is -2.44. The monoisotopic (exact) mass is 322 g/mol. The van der Waals surface area contributed by atoms with Gasteiger partial charge in [-0.1, -0.05) is 0 Å². The standard InChI is InChI=1S/C18H30N2O3/c1-15(2)19(3)9-17-8-18(23-12-17)13-20(5-7-22-14-18)10-16-4-6-21-11-16/h4,6,11,15,17H,5,7-10,12-14H2,1-3H3/t17-,18-/m0/s1. The van der Waals surface area contributed by atoms with Crippen molar-refractivity contribution in [1.29, 1.82) is 0 Å². The predicted octanol–water partition coefficient (Wildman–Crippen LogP) is 2.23. The van der Waals surface area contributed by atoms with Crippen LogP contribution in [0.15, 0.2) is 23.0 Å². The Morgan fingerprint density at radius 3 is 3.04 bits per heavy atom. The Morgan fingerprint density at radius 2 is 2.30 bits per heavy atom. The second-order valence-corrected chi connectivity index (χ2v) is 7.49. The first-order chi connectivity index (χ1) is 11.1. The summed E-state index contributed by atoms with van der Waals surface area (Å²) < 4.78 is 17.4. The zero-order chi connectivity index (χ0) is 16.3. The lowest BCUT2D eigenvalue weighted by atomic mass is 9.93. The molecule has 0 N–H and O–H groups in total. The van der Waals surface area contributed by atoms with Gasteiger partial charge in [0.05, 0.1) is 32.3 Å². The van der Waals surface area contributed by atoms with Crippen LogP contribution in [-0.4, -0.2) is 67.9 Å². The molecule has 1 spiro atoms. The molecule has 2 atom stereocenters. The van der Waals surface area contributed by atoms with Crippen LogP contribution in [0, 0.1) is 5.92 Å². The van der Waals surface area contributed by atoms with E-state index in [2.05, 4.69) is 30.7 Å². The maximum atomic E-state index is 6.29. The van der Waals surface area contributed by atoms with E-state index in [1.54, 1.807) is 6.26 Å². The first-order valence-electron chi connectivity index (χ1n) is 8.72. The van der Waals surface area contributed by atoms with Gasteiger partial charge in [-0.2, -0.15) is 0 Å². The smallest absolute Gasteiger partial charge is 0.104 e. The molecule has 2 saturated heterocycles. The highest BCUT2D eigenvalue weighted by Crippen LogP contribution is 2.33. The molecule has 5 nitrogen and oxygen atoms in total. The number of ether oxygens (including phenoxy) is 2. The third kappa shape index (κ3) is 4.35. The molecule has 1 aromatic rings. The van der Waals surface area contributed by atoms with Gasteiger partial charge in [-0.05, 0) is 39.3 Å². The molecule has 130 valence electrons. The predicted molar refractivity (Wildman–Crippen MR) is 89.4 cm³/mol.